The first-order chi connectivity index (χ1) is 10.9. The minimum atomic E-state index is -0.986. The fraction of sp³-hybridized carbons (Fsp3) is 0.200. The van der Waals surface area contributed by atoms with Crippen LogP contribution in [-0.4, -0.2) is 18.4 Å². The third-order valence-electron chi connectivity index (χ3n) is 3.03. The summed E-state index contributed by atoms with van der Waals surface area (Å²) in [6.45, 7) is 1.35. The molecule has 2 amide bonds. The van der Waals surface area contributed by atoms with Crippen LogP contribution >= 0.6 is 15.9 Å². The molecular weight excluding hydrogens is 374 g/mol. The van der Waals surface area contributed by atoms with E-state index in [1.54, 1.807) is 13.0 Å². The van der Waals surface area contributed by atoms with Crippen LogP contribution in [0.4, 0.5) is 8.78 Å². The van der Waals surface area contributed by atoms with Gasteiger partial charge in [0.1, 0.15) is 0 Å². The lowest BCUT2D eigenvalue weighted by Gasteiger charge is -2.14. The van der Waals surface area contributed by atoms with Gasteiger partial charge in [-0.3, -0.25) is 9.59 Å². The van der Waals surface area contributed by atoms with Crippen molar-refractivity contribution in [3.05, 3.63) is 58.0 Å². The highest BCUT2D eigenvalue weighted by Crippen LogP contribution is 2.16. The van der Waals surface area contributed by atoms with E-state index in [1.807, 2.05) is 0 Å². The van der Waals surface area contributed by atoms with E-state index < -0.39 is 29.5 Å². The van der Waals surface area contributed by atoms with E-state index in [9.17, 15) is 18.4 Å². The topological polar surface area (TPSA) is 71.3 Å². The summed E-state index contributed by atoms with van der Waals surface area (Å²) in [5, 5.41) is 4.96. The number of furan rings is 1. The van der Waals surface area contributed by atoms with Crippen molar-refractivity contribution in [3.8, 4) is 0 Å². The zero-order chi connectivity index (χ0) is 17.0. The van der Waals surface area contributed by atoms with E-state index in [4.69, 9.17) is 4.42 Å². The first-order valence-electron chi connectivity index (χ1n) is 6.64. The van der Waals surface area contributed by atoms with Crippen LogP contribution in [0.25, 0.3) is 0 Å². The molecule has 0 saturated carbocycles. The molecule has 5 nitrogen and oxygen atoms in total. The molecule has 0 saturated heterocycles. The van der Waals surface area contributed by atoms with Gasteiger partial charge in [-0.15, -0.1) is 0 Å². The number of rotatable bonds is 5. The van der Waals surface area contributed by atoms with E-state index in [-0.39, 0.29) is 12.3 Å². The quantitative estimate of drug-likeness (QED) is 0.829. The largest absolute Gasteiger partial charge is 0.444 e. The lowest BCUT2D eigenvalue weighted by Crippen LogP contribution is -2.37. The van der Waals surface area contributed by atoms with Crippen molar-refractivity contribution >= 4 is 27.7 Å². The van der Waals surface area contributed by atoms with Gasteiger partial charge in [0.15, 0.2) is 22.1 Å². The van der Waals surface area contributed by atoms with Crippen molar-refractivity contribution in [2.24, 2.45) is 0 Å². The summed E-state index contributed by atoms with van der Waals surface area (Å²) in [4.78, 5) is 23.5. The molecule has 8 heteroatoms. The Balaban J connectivity index is 1.86. The number of amides is 2. The van der Waals surface area contributed by atoms with Crippen molar-refractivity contribution in [2.45, 2.75) is 13.0 Å². The van der Waals surface area contributed by atoms with Gasteiger partial charge in [0, 0.05) is 0 Å². The molecule has 0 aliphatic carbocycles. The number of halogens is 3. The molecule has 2 N–H and O–H groups in total. The van der Waals surface area contributed by atoms with Crippen molar-refractivity contribution in [3.63, 3.8) is 0 Å². The number of hydrogen-bond acceptors (Lipinski definition) is 3. The molecule has 2 aromatic rings. The second-order valence-corrected chi connectivity index (χ2v) is 5.53. The van der Waals surface area contributed by atoms with Gasteiger partial charge in [-0.2, -0.15) is 0 Å². The maximum atomic E-state index is 13.2. The summed E-state index contributed by atoms with van der Waals surface area (Å²) in [6.07, 6.45) is 0. The number of carbonyl (C=O) groups excluding carboxylic acids is 2. The van der Waals surface area contributed by atoms with E-state index >= 15 is 0 Å². The van der Waals surface area contributed by atoms with E-state index in [2.05, 4.69) is 26.6 Å². The third kappa shape index (κ3) is 4.62. The summed E-state index contributed by atoms with van der Waals surface area (Å²) in [7, 11) is 0. The average Bonchev–Trinajstić information content (AvgIpc) is 2.94. The van der Waals surface area contributed by atoms with Gasteiger partial charge in [-0.1, -0.05) is 6.07 Å². The van der Waals surface area contributed by atoms with Crippen molar-refractivity contribution in [2.75, 3.05) is 6.54 Å². The fourth-order valence-corrected chi connectivity index (χ4v) is 2.15. The molecule has 0 aliphatic heterocycles. The molecule has 23 heavy (non-hydrogen) atoms. The van der Waals surface area contributed by atoms with Crippen LogP contribution in [-0.2, 0) is 4.79 Å². The highest BCUT2D eigenvalue weighted by molar-refractivity contribution is 9.10. The van der Waals surface area contributed by atoms with Gasteiger partial charge in [0.2, 0.25) is 5.91 Å². The van der Waals surface area contributed by atoms with Crippen LogP contribution in [0.15, 0.2) is 39.4 Å². The Hall–Kier alpha value is -2.22. The molecular formula is C15H13BrF2N2O3. The van der Waals surface area contributed by atoms with Crippen LogP contribution in [0.2, 0.25) is 0 Å². The standard InChI is InChI=1S/C15H13BrF2N2O3/c1-8(9-2-3-10(17)11(18)6-9)20-14(21)7-19-15(22)12-4-5-13(16)23-12/h2-6,8H,7H2,1H3,(H,19,22)(H,20,21). The molecule has 0 spiro atoms. The summed E-state index contributed by atoms with van der Waals surface area (Å²) in [5.41, 5.74) is 0.415. The number of benzene rings is 1. The SMILES string of the molecule is CC(NC(=O)CNC(=O)c1ccc(Br)o1)c1ccc(F)c(F)c1. The van der Waals surface area contributed by atoms with Gasteiger partial charge in [0.05, 0.1) is 12.6 Å². The first-order valence-corrected chi connectivity index (χ1v) is 7.44. The van der Waals surface area contributed by atoms with Gasteiger partial charge >= 0.3 is 0 Å². The average molecular weight is 387 g/mol. The van der Waals surface area contributed by atoms with Crippen LogP contribution in [0, 0.1) is 11.6 Å². The normalized spacial score (nSPS) is 11.8. The zero-order valence-corrected chi connectivity index (χ0v) is 13.6. The maximum absolute atomic E-state index is 13.2. The molecule has 1 unspecified atom stereocenters. The molecule has 0 radical (unpaired) electrons. The van der Waals surface area contributed by atoms with Gasteiger partial charge in [0.25, 0.3) is 5.91 Å². The van der Waals surface area contributed by atoms with Gasteiger partial charge in [-0.05, 0) is 52.7 Å². The molecule has 1 atom stereocenters. The molecule has 0 fully saturated rings. The monoisotopic (exact) mass is 386 g/mol. The minimum absolute atomic E-state index is 0.0679. The van der Waals surface area contributed by atoms with Crippen LogP contribution in [0.3, 0.4) is 0 Å². The highest BCUT2D eigenvalue weighted by Gasteiger charge is 2.14. The predicted molar refractivity (Wildman–Crippen MR) is 81.7 cm³/mol. The molecule has 122 valence electrons. The Kier molecular flexibility index (Phi) is 5.49. The predicted octanol–water partition coefficient (Wildman–Crippen LogP) is 2.93. The Morgan fingerprint density at radius 1 is 1.22 bits per heavy atom. The zero-order valence-electron chi connectivity index (χ0n) is 12.0. The van der Waals surface area contributed by atoms with E-state index in [0.717, 1.165) is 12.1 Å². The van der Waals surface area contributed by atoms with Crippen LogP contribution < -0.4 is 10.6 Å². The summed E-state index contributed by atoms with van der Waals surface area (Å²) in [6, 6.07) is 5.86. The maximum Gasteiger partial charge on any atom is 0.287 e. The molecule has 2 rings (SSSR count). The first kappa shape index (κ1) is 17.1. The van der Waals surface area contributed by atoms with Gasteiger partial charge in [-0.25, -0.2) is 8.78 Å². The lowest BCUT2D eigenvalue weighted by molar-refractivity contribution is -0.120. The van der Waals surface area contributed by atoms with Gasteiger partial charge < -0.3 is 15.1 Å². The summed E-state index contributed by atoms with van der Waals surface area (Å²) < 4.78 is 31.5. The molecule has 1 heterocycles. The lowest BCUT2D eigenvalue weighted by atomic mass is 10.1. The second-order valence-electron chi connectivity index (χ2n) is 4.75. The fourth-order valence-electron chi connectivity index (χ4n) is 1.84. The molecule has 0 aliphatic rings. The van der Waals surface area contributed by atoms with Crippen LogP contribution in [0.5, 0.6) is 0 Å². The highest BCUT2D eigenvalue weighted by atomic mass is 79.9. The number of hydrogen-bond donors (Lipinski definition) is 2. The number of nitrogens with one attached hydrogen (secondary N) is 2. The van der Waals surface area contributed by atoms with E-state index in [0.29, 0.717) is 10.2 Å². The smallest absolute Gasteiger partial charge is 0.287 e. The van der Waals surface area contributed by atoms with Crippen molar-refractivity contribution in [1.82, 2.24) is 10.6 Å². The molecule has 0 bridgehead atoms. The Morgan fingerprint density at radius 2 is 1.96 bits per heavy atom. The Bertz CT molecular complexity index is 733. The Labute approximate surface area is 139 Å². The van der Waals surface area contributed by atoms with Crippen molar-refractivity contribution < 1.29 is 22.8 Å². The van der Waals surface area contributed by atoms with E-state index in [1.165, 1.54) is 12.1 Å². The third-order valence-corrected chi connectivity index (χ3v) is 3.45. The second kappa shape index (κ2) is 7.36. The number of carbonyl (C=O) groups is 2. The Morgan fingerprint density at radius 3 is 2.57 bits per heavy atom. The molecule has 1 aromatic carbocycles. The molecule has 1 aromatic heterocycles. The summed E-state index contributed by atoms with van der Waals surface area (Å²) >= 11 is 3.07. The summed E-state index contributed by atoms with van der Waals surface area (Å²) in [5.74, 6) is -2.88. The minimum Gasteiger partial charge on any atom is -0.444 e. The van der Waals surface area contributed by atoms with Crippen molar-refractivity contribution in [1.29, 1.82) is 0 Å². The van der Waals surface area contributed by atoms with Crippen LogP contribution in [0.1, 0.15) is 29.1 Å².